The molecule has 5 nitrogen and oxygen atoms in total. The Morgan fingerprint density at radius 1 is 1.54 bits per heavy atom. The van der Waals surface area contributed by atoms with Gasteiger partial charge in [-0.3, -0.25) is 0 Å². The van der Waals surface area contributed by atoms with E-state index in [-0.39, 0.29) is 5.56 Å². The molecule has 1 saturated heterocycles. The Balaban J connectivity index is 2.28. The van der Waals surface area contributed by atoms with E-state index in [0.29, 0.717) is 5.82 Å². The predicted molar refractivity (Wildman–Crippen MR) is 44.9 cm³/mol. The summed E-state index contributed by atoms with van der Waals surface area (Å²) >= 11 is 0. The van der Waals surface area contributed by atoms with Gasteiger partial charge in [0.05, 0.1) is 0 Å². The van der Waals surface area contributed by atoms with Crippen LogP contribution in [-0.4, -0.2) is 29.3 Å². The Morgan fingerprint density at radius 3 is 2.85 bits per heavy atom. The molecule has 2 rings (SSSR count). The zero-order chi connectivity index (χ0) is 9.26. The fourth-order valence-corrected chi connectivity index (χ4v) is 1.53. The molecule has 1 N–H and O–H groups in total. The first-order valence-electron chi connectivity index (χ1n) is 4.21. The number of carboxylic acids is 1. The first-order chi connectivity index (χ1) is 6.29. The first kappa shape index (κ1) is 8.10. The van der Waals surface area contributed by atoms with Crippen molar-refractivity contribution in [3.8, 4) is 0 Å². The number of rotatable bonds is 2. The van der Waals surface area contributed by atoms with Crippen LogP contribution in [-0.2, 0) is 0 Å². The van der Waals surface area contributed by atoms with Crippen molar-refractivity contribution in [3.63, 3.8) is 0 Å². The van der Waals surface area contributed by atoms with Crippen molar-refractivity contribution in [2.75, 3.05) is 18.0 Å². The summed E-state index contributed by atoms with van der Waals surface area (Å²) in [5, 5.41) is 12.5. The second-order valence-electron chi connectivity index (χ2n) is 3.05. The molecule has 0 atom stereocenters. The maximum Gasteiger partial charge on any atom is 0.342 e. The van der Waals surface area contributed by atoms with Crippen molar-refractivity contribution < 1.29 is 14.4 Å². The van der Waals surface area contributed by atoms with Crippen LogP contribution in [0.2, 0.25) is 0 Å². The summed E-state index contributed by atoms with van der Waals surface area (Å²) in [6, 6.07) is 0. The fourth-order valence-electron chi connectivity index (χ4n) is 1.53. The average Bonchev–Trinajstić information content (AvgIpc) is 2.74. The van der Waals surface area contributed by atoms with Gasteiger partial charge < -0.3 is 14.5 Å². The van der Waals surface area contributed by atoms with Gasteiger partial charge in [-0.05, 0) is 12.8 Å². The van der Waals surface area contributed by atoms with Crippen LogP contribution in [0.3, 0.4) is 0 Å². The Labute approximate surface area is 74.9 Å². The molecule has 1 aromatic rings. The van der Waals surface area contributed by atoms with E-state index >= 15 is 0 Å². The van der Waals surface area contributed by atoms with Gasteiger partial charge in [0.2, 0.25) is 0 Å². The number of carboxylic acid groups (broad SMARTS) is 1. The highest BCUT2D eigenvalue weighted by atomic mass is 16.5. The third-order valence-corrected chi connectivity index (χ3v) is 2.19. The number of carbonyl (C=O) groups is 1. The lowest BCUT2D eigenvalue weighted by molar-refractivity contribution is 0.0696. The number of nitrogens with zero attached hydrogens (tertiary/aromatic N) is 2. The molecule has 0 amide bonds. The summed E-state index contributed by atoms with van der Waals surface area (Å²) < 4.78 is 4.65. The number of aromatic carboxylic acids is 1. The lowest BCUT2D eigenvalue weighted by Crippen LogP contribution is -2.20. The van der Waals surface area contributed by atoms with Gasteiger partial charge in [-0.25, -0.2) is 4.79 Å². The zero-order valence-corrected chi connectivity index (χ0v) is 7.06. The van der Waals surface area contributed by atoms with Gasteiger partial charge in [0.25, 0.3) is 0 Å². The normalized spacial score (nSPS) is 16.5. The van der Waals surface area contributed by atoms with Crippen LogP contribution in [0, 0.1) is 0 Å². The highest BCUT2D eigenvalue weighted by Gasteiger charge is 2.22. The largest absolute Gasteiger partial charge is 0.477 e. The predicted octanol–water partition coefficient (Wildman–Crippen LogP) is 0.973. The summed E-state index contributed by atoms with van der Waals surface area (Å²) in [7, 11) is 0. The van der Waals surface area contributed by atoms with Gasteiger partial charge in [0.1, 0.15) is 11.8 Å². The monoisotopic (exact) mass is 182 g/mol. The number of hydrogen-bond acceptors (Lipinski definition) is 4. The lowest BCUT2D eigenvalue weighted by Gasteiger charge is -2.13. The molecule has 70 valence electrons. The van der Waals surface area contributed by atoms with Gasteiger partial charge in [-0.2, -0.15) is 0 Å². The molecule has 0 aromatic carbocycles. The molecule has 1 fully saturated rings. The minimum Gasteiger partial charge on any atom is -0.477 e. The molecule has 0 unspecified atom stereocenters. The van der Waals surface area contributed by atoms with Gasteiger partial charge in [-0.1, -0.05) is 5.16 Å². The summed E-state index contributed by atoms with van der Waals surface area (Å²) in [6.07, 6.45) is 3.35. The second kappa shape index (κ2) is 3.08. The fraction of sp³-hybridized carbons (Fsp3) is 0.500. The highest BCUT2D eigenvalue weighted by molar-refractivity contribution is 5.92. The summed E-state index contributed by atoms with van der Waals surface area (Å²) in [4.78, 5) is 12.7. The molecule has 0 radical (unpaired) electrons. The summed E-state index contributed by atoms with van der Waals surface area (Å²) in [5.74, 6) is -0.520. The van der Waals surface area contributed by atoms with Crippen LogP contribution in [0.15, 0.2) is 10.8 Å². The van der Waals surface area contributed by atoms with E-state index in [1.807, 2.05) is 4.90 Å². The Morgan fingerprint density at radius 2 is 2.23 bits per heavy atom. The van der Waals surface area contributed by atoms with Crippen LogP contribution in [0.4, 0.5) is 5.82 Å². The van der Waals surface area contributed by atoms with Crippen LogP contribution in [0.25, 0.3) is 0 Å². The van der Waals surface area contributed by atoms with Gasteiger partial charge >= 0.3 is 5.97 Å². The van der Waals surface area contributed by atoms with E-state index in [4.69, 9.17) is 5.11 Å². The molecule has 0 saturated carbocycles. The third kappa shape index (κ3) is 1.37. The SMILES string of the molecule is O=C(O)c1conc1N1CCCC1. The molecule has 1 aromatic heterocycles. The molecular formula is C8H10N2O3. The Kier molecular flexibility index (Phi) is 1.92. The van der Waals surface area contributed by atoms with Crippen molar-refractivity contribution in [2.24, 2.45) is 0 Å². The van der Waals surface area contributed by atoms with Gasteiger partial charge in [-0.15, -0.1) is 0 Å². The minimum atomic E-state index is -0.983. The van der Waals surface area contributed by atoms with Crippen LogP contribution in [0.1, 0.15) is 23.2 Å². The molecule has 1 aliphatic rings. The summed E-state index contributed by atoms with van der Waals surface area (Å²) in [5.41, 5.74) is 0.155. The van der Waals surface area contributed by atoms with Gasteiger partial charge in [0, 0.05) is 13.1 Å². The van der Waals surface area contributed by atoms with Crippen molar-refractivity contribution in [1.29, 1.82) is 0 Å². The molecular weight excluding hydrogens is 172 g/mol. The molecule has 13 heavy (non-hydrogen) atoms. The van der Waals surface area contributed by atoms with Crippen LogP contribution < -0.4 is 4.90 Å². The quantitative estimate of drug-likeness (QED) is 0.738. The summed E-state index contributed by atoms with van der Waals surface area (Å²) in [6.45, 7) is 1.74. The second-order valence-corrected chi connectivity index (χ2v) is 3.05. The number of aromatic nitrogens is 1. The Bertz CT molecular complexity index is 315. The van der Waals surface area contributed by atoms with Crippen molar-refractivity contribution in [1.82, 2.24) is 5.16 Å². The van der Waals surface area contributed by atoms with Gasteiger partial charge in [0.15, 0.2) is 5.82 Å². The van der Waals surface area contributed by atoms with E-state index in [1.54, 1.807) is 0 Å². The molecule has 1 aliphatic heterocycles. The number of anilines is 1. The first-order valence-corrected chi connectivity index (χ1v) is 4.21. The van der Waals surface area contributed by atoms with E-state index in [0.717, 1.165) is 25.9 Å². The van der Waals surface area contributed by atoms with E-state index < -0.39 is 5.97 Å². The molecule has 2 heterocycles. The van der Waals surface area contributed by atoms with Crippen molar-refractivity contribution in [2.45, 2.75) is 12.8 Å². The Hall–Kier alpha value is -1.52. The minimum absolute atomic E-state index is 0.155. The van der Waals surface area contributed by atoms with Crippen LogP contribution in [0.5, 0.6) is 0 Å². The molecule has 5 heteroatoms. The zero-order valence-electron chi connectivity index (χ0n) is 7.06. The smallest absolute Gasteiger partial charge is 0.342 e. The lowest BCUT2D eigenvalue weighted by atomic mass is 10.3. The molecule has 0 bridgehead atoms. The van der Waals surface area contributed by atoms with Crippen molar-refractivity contribution in [3.05, 3.63) is 11.8 Å². The maximum atomic E-state index is 10.7. The standard InChI is InChI=1S/C8H10N2O3/c11-8(12)6-5-13-9-7(6)10-3-1-2-4-10/h5H,1-4H2,(H,11,12). The number of hydrogen-bond donors (Lipinski definition) is 1. The van der Waals surface area contributed by atoms with E-state index in [1.165, 1.54) is 6.26 Å². The van der Waals surface area contributed by atoms with E-state index in [9.17, 15) is 4.79 Å². The topological polar surface area (TPSA) is 66.6 Å². The average molecular weight is 182 g/mol. The molecule has 0 spiro atoms. The maximum absolute atomic E-state index is 10.7. The van der Waals surface area contributed by atoms with Crippen LogP contribution >= 0.6 is 0 Å². The third-order valence-electron chi connectivity index (χ3n) is 2.19. The van der Waals surface area contributed by atoms with E-state index in [2.05, 4.69) is 9.68 Å². The highest BCUT2D eigenvalue weighted by Crippen LogP contribution is 2.22. The molecule has 0 aliphatic carbocycles. The van der Waals surface area contributed by atoms with Crippen molar-refractivity contribution >= 4 is 11.8 Å².